The van der Waals surface area contributed by atoms with Crippen LogP contribution in [-0.2, 0) is 0 Å². The molecule has 1 saturated heterocycles. The summed E-state index contributed by atoms with van der Waals surface area (Å²) in [5.41, 5.74) is 1.35. The minimum atomic E-state index is 0.952. The van der Waals surface area contributed by atoms with Gasteiger partial charge in [-0.2, -0.15) is 0 Å². The fraction of sp³-hybridized carbons (Fsp3) is 0.294. The van der Waals surface area contributed by atoms with E-state index in [1.165, 1.54) is 47.8 Å². The van der Waals surface area contributed by atoms with Crippen LogP contribution < -0.4 is 4.90 Å². The molecule has 0 atom stereocenters. The fourth-order valence-corrected chi connectivity index (χ4v) is 4.29. The molecule has 1 aliphatic heterocycles. The van der Waals surface area contributed by atoms with Gasteiger partial charge in [-0.3, -0.25) is 0 Å². The average molecular weight is 334 g/mol. The van der Waals surface area contributed by atoms with Gasteiger partial charge in [0.15, 0.2) is 0 Å². The van der Waals surface area contributed by atoms with Crippen molar-refractivity contribution in [1.82, 2.24) is 0 Å². The molecule has 3 rings (SSSR count). The van der Waals surface area contributed by atoms with E-state index < -0.39 is 0 Å². The normalized spacial score (nSPS) is 15.2. The number of benzene rings is 2. The van der Waals surface area contributed by atoms with Crippen molar-refractivity contribution in [2.45, 2.75) is 38.8 Å². The van der Waals surface area contributed by atoms with E-state index in [0.717, 1.165) is 9.79 Å². The molecule has 2 aromatic rings. The van der Waals surface area contributed by atoms with Gasteiger partial charge < -0.3 is 4.90 Å². The summed E-state index contributed by atoms with van der Waals surface area (Å²) in [5.74, 6) is 0. The highest BCUT2D eigenvalue weighted by atomic mass is 32.2. The first-order chi connectivity index (χ1) is 10.2. The molecule has 0 aromatic heterocycles. The minimum absolute atomic E-state index is 0.952. The van der Waals surface area contributed by atoms with E-state index in [9.17, 15) is 0 Å². The monoisotopic (exact) mass is 333 g/mol. The van der Waals surface area contributed by atoms with Crippen molar-refractivity contribution in [3.63, 3.8) is 0 Å². The second-order valence-electron chi connectivity index (χ2n) is 5.27. The Labute approximate surface area is 142 Å². The third-order valence-corrected chi connectivity index (χ3v) is 5.66. The van der Waals surface area contributed by atoms with E-state index in [-0.39, 0.29) is 0 Å². The lowest BCUT2D eigenvalue weighted by atomic mass is 10.1. The summed E-state index contributed by atoms with van der Waals surface area (Å²) >= 11 is 10.7. The number of para-hydroxylation sites is 1. The Morgan fingerprint density at radius 1 is 0.857 bits per heavy atom. The first kappa shape index (κ1) is 15.2. The predicted octanol–water partition coefficient (Wildman–Crippen LogP) is 5.41. The molecule has 1 nitrogen and oxygen atoms in total. The molecule has 0 saturated carbocycles. The predicted molar refractivity (Wildman–Crippen MR) is 97.6 cm³/mol. The van der Waals surface area contributed by atoms with Gasteiger partial charge in [0.25, 0.3) is 0 Å². The number of hydrogen-bond donors (Lipinski definition) is 2. The molecule has 2 aromatic carbocycles. The molecule has 0 aliphatic carbocycles. The smallest absolute Gasteiger partial charge is 0.0508 e. The van der Waals surface area contributed by atoms with Gasteiger partial charge in [0, 0.05) is 32.7 Å². The first-order valence-electron chi connectivity index (χ1n) is 7.28. The highest BCUT2D eigenvalue weighted by Crippen LogP contribution is 2.39. The summed E-state index contributed by atoms with van der Waals surface area (Å²) < 4.78 is 0. The Bertz CT molecular complexity index is 621. The van der Waals surface area contributed by atoms with E-state index in [1.807, 2.05) is 12.1 Å². The maximum absolute atomic E-state index is 4.58. The summed E-state index contributed by atoms with van der Waals surface area (Å²) in [4.78, 5) is 6.94. The van der Waals surface area contributed by atoms with Crippen molar-refractivity contribution in [2.24, 2.45) is 0 Å². The molecule has 0 radical (unpaired) electrons. The number of piperidine rings is 1. The van der Waals surface area contributed by atoms with Gasteiger partial charge >= 0.3 is 0 Å². The number of rotatable bonds is 3. The second-order valence-corrected chi connectivity index (χ2v) is 7.35. The van der Waals surface area contributed by atoms with Gasteiger partial charge in [0.2, 0.25) is 0 Å². The molecule has 0 unspecified atom stereocenters. The molecular formula is C17H19NS3. The lowest BCUT2D eigenvalue weighted by molar-refractivity contribution is 0.575. The summed E-state index contributed by atoms with van der Waals surface area (Å²) in [5, 5.41) is 0. The summed E-state index contributed by atoms with van der Waals surface area (Å²) in [6.45, 7) is 2.34. The summed E-state index contributed by atoms with van der Waals surface area (Å²) in [6.07, 6.45) is 3.95. The fourth-order valence-electron chi connectivity index (χ4n) is 2.65. The Kier molecular flexibility index (Phi) is 5.09. The SMILES string of the molecule is Sc1ccc(Sc2ccccc2N2CCCCC2)c(S)c1. The first-order valence-corrected chi connectivity index (χ1v) is 8.99. The highest BCUT2D eigenvalue weighted by Gasteiger charge is 2.15. The van der Waals surface area contributed by atoms with Crippen LogP contribution in [0.3, 0.4) is 0 Å². The molecule has 0 bridgehead atoms. The van der Waals surface area contributed by atoms with Gasteiger partial charge in [0.05, 0.1) is 5.69 Å². The van der Waals surface area contributed by atoms with Gasteiger partial charge in [-0.15, -0.1) is 25.3 Å². The maximum atomic E-state index is 4.58. The standard InChI is InChI=1S/C17H19NS3/c19-13-8-9-17(15(20)12-13)21-16-7-3-2-6-14(16)18-10-4-1-5-11-18/h2-3,6-9,12,19-20H,1,4-5,10-11H2. The van der Waals surface area contributed by atoms with Gasteiger partial charge in [0.1, 0.15) is 0 Å². The molecule has 0 spiro atoms. The van der Waals surface area contributed by atoms with Crippen LogP contribution in [0.1, 0.15) is 19.3 Å². The van der Waals surface area contributed by atoms with Crippen LogP contribution in [0.4, 0.5) is 5.69 Å². The Morgan fingerprint density at radius 3 is 2.38 bits per heavy atom. The van der Waals surface area contributed by atoms with Gasteiger partial charge in [-0.05, 0) is 49.6 Å². The van der Waals surface area contributed by atoms with Crippen LogP contribution >= 0.6 is 37.0 Å². The Hall–Kier alpha value is -0.710. The van der Waals surface area contributed by atoms with Crippen LogP contribution in [0.5, 0.6) is 0 Å². The molecule has 1 heterocycles. The van der Waals surface area contributed by atoms with Crippen molar-refractivity contribution in [3.8, 4) is 0 Å². The van der Waals surface area contributed by atoms with Crippen LogP contribution in [-0.4, -0.2) is 13.1 Å². The van der Waals surface area contributed by atoms with Crippen LogP contribution in [0, 0.1) is 0 Å². The number of hydrogen-bond acceptors (Lipinski definition) is 4. The highest BCUT2D eigenvalue weighted by molar-refractivity contribution is 8.00. The van der Waals surface area contributed by atoms with Crippen molar-refractivity contribution >= 4 is 42.7 Å². The van der Waals surface area contributed by atoms with Crippen LogP contribution in [0.25, 0.3) is 0 Å². The third-order valence-electron chi connectivity index (χ3n) is 3.72. The molecule has 0 N–H and O–H groups in total. The zero-order valence-electron chi connectivity index (χ0n) is 11.8. The molecule has 0 amide bonds. The van der Waals surface area contributed by atoms with Crippen molar-refractivity contribution in [2.75, 3.05) is 18.0 Å². The quantitative estimate of drug-likeness (QED) is 0.723. The molecule has 110 valence electrons. The molecule has 21 heavy (non-hydrogen) atoms. The van der Waals surface area contributed by atoms with E-state index in [0.29, 0.717) is 0 Å². The largest absolute Gasteiger partial charge is 0.371 e. The Balaban J connectivity index is 1.88. The van der Waals surface area contributed by atoms with E-state index in [1.54, 1.807) is 11.8 Å². The topological polar surface area (TPSA) is 3.24 Å². The van der Waals surface area contributed by atoms with Crippen molar-refractivity contribution in [1.29, 1.82) is 0 Å². The zero-order valence-corrected chi connectivity index (χ0v) is 14.4. The third kappa shape index (κ3) is 3.74. The number of nitrogens with zero attached hydrogens (tertiary/aromatic N) is 1. The second kappa shape index (κ2) is 7.03. The summed E-state index contributed by atoms with van der Waals surface area (Å²) in [7, 11) is 0. The molecular weight excluding hydrogens is 314 g/mol. The lowest BCUT2D eigenvalue weighted by Gasteiger charge is -2.30. The zero-order chi connectivity index (χ0) is 14.7. The van der Waals surface area contributed by atoms with E-state index in [2.05, 4.69) is 60.5 Å². The number of thiol groups is 2. The van der Waals surface area contributed by atoms with E-state index in [4.69, 9.17) is 0 Å². The van der Waals surface area contributed by atoms with Crippen molar-refractivity contribution < 1.29 is 0 Å². The molecule has 1 fully saturated rings. The van der Waals surface area contributed by atoms with Gasteiger partial charge in [-0.25, -0.2) is 0 Å². The van der Waals surface area contributed by atoms with Gasteiger partial charge in [-0.1, -0.05) is 23.9 Å². The molecule has 4 heteroatoms. The number of anilines is 1. The Morgan fingerprint density at radius 2 is 1.62 bits per heavy atom. The van der Waals surface area contributed by atoms with Crippen LogP contribution in [0.15, 0.2) is 62.0 Å². The van der Waals surface area contributed by atoms with Crippen molar-refractivity contribution in [3.05, 3.63) is 42.5 Å². The summed E-state index contributed by atoms with van der Waals surface area (Å²) in [6, 6.07) is 14.8. The van der Waals surface area contributed by atoms with Crippen LogP contribution in [0.2, 0.25) is 0 Å². The lowest BCUT2D eigenvalue weighted by Crippen LogP contribution is -2.29. The maximum Gasteiger partial charge on any atom is 0.0508 e. The minimum Gasteiger partial charge on any atom is -0.371 e. The van der Waals surface area contributed by atoms with E-state index >= 15 is 0 Å². The molecule has 1 aliphatic rings. The average Bonchev–Trinajstić information content (AvgIpc) is 2.51.